The van der Waals surface area contributed by atoms with Crippen LogP contribution in [-0.2, 0) is 11.4 Å². The van der Waals surface area contributed by atoms with Crippen LogP contribution in [0.2, 0.25) is 15.1 Å². The molecule has 170 valence electrons. The van der Waals surface area contributed by atoms with Gasteiger partial charge in [-0.25, -0.2) is 0 Å². The number of rotatable bonds is 7. The Labute approximate surface area is 210 Å². The van der Waals surface area contributed by atoms with E-state index in [2.05, 4.69) is 17.0 Å². The van der Waals surface area contributed by atoms with Crippen molar-refractivity contribution in [2.75, 3.05) is 0 Å². The minimum atomic E-state index is -0.473. The number of carbonyl (C=O) groups is 1. The number of halogens is 3. The second kappa shape index (κ2) is 10.3. The van der Waals surface area contributed by atoms with Crippen LogP contribution in [-0.4, -0.2) is 27.0 Å². The molecule has 6 nitrogen and oxygen atoms in total. The van der Waals surface area contributed by atoms with E-state index in [0.717, 1.165) is 29.9 Å². The summed E-state index contributed by atoms with van der Waals surface area (Å²) >= 11 is 19.9. The van der Waals surface area contributed by atoms with Crippen LogP contribution in [0.3, 0.4) is 0 Å². The quantitative estimate of drug-likeness (QED) is 0.397. The van der Waals surface area contributed by atoms with Gasteiger partial charge in [0.15, 0.2) is 5.84 Å². The Morgan fingerprint density at radius 3 is 2.70 bits per heavy atom. The molecule has 10 heteroatoms. The standard InChI is InChI=1S/C23H19Cl3N4O2S/c1-2-3-4-20-29-30-21(27)16(22(31)28-23(30)33-20)9-13-5-8-19(18(26)10-13)32-12-14-6-7-15(24)11-17(14)25/h5-11,27H,2-4,12H2,1H3/b16-9-,27-21?. The molecule has 0 fully saturated rings. The third kappa shape index (κ3) is 5.44. The number of unbranched alkanes of at least 4 members (excludes halogenated alkanes) is 1. The molecule has 0 aliphatic carbocycles. The molecular formula is C23H19Cl3N4O2S. The number of ether oxygens (including phenoxy) is 1. The molecule has 2 aliphatic heterocycles. The molecule has 1 N–H and O–H groups in total. The highest BCUT2D eigenvalue weighted by atomic mass is 35.5. The van der Waals surface area contributed by atoms with E-state index in [9.17, 15) is 4.79 Å². The first-order chi connectivity index (χ1) is 15.9. The van der Waals surface area contributed by atoms with Crippen LogP contribution in [0.5, 0.6) is 5.75 Å². The normalized spacial score (nSPS) is 16.7. The molecule has 2 heterocycles. The second-order valence-corrected chi connectivity index (χ2v) is 9.62. The lowest BCUT2D eigenvalue weighted by atomic mass is 10.1. The van der Waals surface area contributed by atoms with Crippen molar-refractivity contribution >= 4 is 74.6 Å². The summed E-state index contributed by atoms with van der Waals surface area (Å²) in [5, 5.41) is 17.0. The van der Waals surface area contributed by atoms with Crippen molar-refractivity contribution in [3.8, 4) is 5.75 Å². The Kier molecular flexibility index (Phi) is 7.44. The van der Waals surface area contributed by atoms with Gasteiger partial charge in [-0.1, -0.05) is 60.3 Å². The molecule has 4 rings (SSSR count). The molecule has 0 unspecified atom stereocenters. The van der Waals surface area contributed by atoms with E-state index in [1.165, 1.54) is 16.8 Å². The van der Waals surface area contributed by atoms with E-state index in [4.69, 9.17) is 44.9 Å². The summed E-state index contributed by atoms with van der Waals surface area (Å²) in [5.74, 6) is -0.00588. The summed E-state index contributed by atoms with van der Waals surface area (Å²) in [7, 11) is 0. The summed E-state index contributed by atoms with van der Waals surface area (Å²) in [5.41, 5.74) is 1.57. The second-order valence-electron chi connectivity index (χ2n) is 7.33. The minimum absolute atomic E-state index is 0.00201. The molecule has 0 atom stereocenters. The number of thioether (sulfide) groups is 1. The van der Waals surface area contributed by atoms with Gasteiger partial charge < -0.3 is 4.74 Å². The van der Waals surface area contributed by atoms with E-state index in [1.54, 1.807) is 42.5 Å². The van der Waals surface area contributed by atoms with E-state index in [-0.39, 0.29) is 18.0 Å². The van der Waals surface area contributed by atoms with E-state index >= 15 is 0 Å². The van der Waals surface area contributed by atoms with Gasteiger partial charge in [-0.15, -0.1) is 0 Å². The van der Waals surface area contributed by atoms with Crippen molar-refractivity contribution in [3.63, 3.8) is 0 Å². The van der Waals surface area contributed by atoms with Gasteiger partial charge in [-0.2, -0.15) is 15.1 Å². The number of hydrogen-bond donors (Lipinski definition) is 1. The largest absolute Gasteiger partial charge is 0.487 e. The average molecular weight is 522 g/mol. The summed E-state index contributed by atoms with van der Waals surface area (Å²) in [4.78, 5) is 16.7. The fraction of sp³-hybridized carbons (Fsp3) is 0.217. The number of benzene rings is 2. The summed E-state index contributed by atoms with van der Waals surface area (Å²) in [6.07, 6.45) is 4.42. The maximum absolute atomic E-state index is 12.6. The molecule has 2 aromatic carbocycles. The molecular weight excluding hydrogens is 503 g/mol. The fourth-order valence-electron chi connectivity index (χ4n) is 3.15. The molecule has 33 heavy (non-hydrogen) atoms. The van der Waals surface area contributed by atoms with Crippen molar-refractivity contribution in [3.05, 3.63) is 68.2 Å². The number of amides is 1. The van der Waals surface area contributed by atoms with Crippen LogP contribution in [0.25, 0.3) is 6.08 Å². The summed E-state index contributed by atoms with van der Waals surface area (Å²) in [6, 6.07) is 10.3. The predicted molar refractivity (Wildman–Crippen MR) is 137 cm³/mol. The average Bonchev–Trinajstić information content (AvgIpc) is 3.18. The van der Waals surface area contributed by atoms with Crippen molar-refractivity contribution in [1.29, 1.82) is 5.41 Å². The summed E-state index contributed by atoms with van der Waals surface area (Å²) < 4.78 is 5.79. The monoisotopic (exact) mass is 520 g/mol. The molecule has 2 aromatic rings. The van der Waals surface area contributed by atoms with E-state index in [1.807, 2.05) is 0 Å². The number of nitrogens with one attached hydrogen (secondary N) is 1. The Balaban J connectivity index is 1.50. The van der Waals surface area contributed by atoms with Crippen molar-refractivity contribution in [2.45, 2.75) is 32.8 Å². The Morgan fingerprint density at radius 2 is 1.97 bits per heavy atom. The number of aliphatic imine (C=N–C) groups is 1. The van der Waals surface area contributed by atoms with Crippen molar-refractivity contribution in [2.24, 2.45) is 10.1 Å². The highest BCUT2D eigenvalue weighted by Crippen LogP contribution is 2.32. The minimum Gasteiger partial charge on any atom is -0.487 e. The Hall–Kier alpha value is -2.32. The Morgan fingerprint density at radius 1 is 1.15 bits per heavy atom. The van der Waals surface area contributed by atoms with Crippen LogP contribution < -0.4 is 4.74 Å². The predicted octanol–water partition coefficient (Wildman–Crippen LogP) is 7.04. The first-order valence-electron chi connectivity index (χ1n) is 10.2. The first-order valence-corrected chi connectivity index (χ1v) is 12.2. The van der Waals surface area contributed by atoms with Crippen LogP contribution in [0.1, 0.15) is 37.3 Å². The zero-order chi connectivity index (χ0) is 23.5. The SMILES string of the molecule is CCCCC1=NN2C(=N)/C(=C/c3ccc(OCc4ccc(Cl)cc4Cl)c(Cl)c3)C(=O)N=C2S1. The van der Waals surface area contributed by atoms with Crippen molar-refractivity contribution in [1.82, 2.24) is 5.01 Å². The molecule has 2 aliphatic rings. The topological polar surface area (TPSA) is 78.1 Å². The Bertz CT molecular complexity index is 1230. The number of hydrogen-bond acceptors (Lipinski definition) is 5. The maximum atomic E-state index is 12.6. The summed E-state index contributed by atoms with van der Waals surface area (Å²) in [6.45, 7) is 2.33. The van der Waals surface area contributed by atoms with Gasteiger partial charge in [-0.05, 0) is 60.5 Å². The fourth-order valence-corrected chi connectivity index (χ4v) is 4.78. The maximum Gasteiger partial charge on any atom is 0.283 e. The van der Waals surface area contributed by atoms with Gasteiger partial charge in [-0.3, -0.25) is 10.2 Å². The number of carbonyl (C=O) groups excluding carboxylic acids is 1. The highest BCUT2D eigenvalue weighted by Gasteiger charge is 2.35. The van der Waals surface area contributed by atoms with Gasteiger partial charge in [0, 0.05) is 15.6 Å². The molecule has 0 radical (unpaired) electrons. The molecule has 0 aromatic heterocycles. The lowest BCUT2D eigenvalue weighted by molar-refractivity contribution is -0.114. The van der Waals surface area contributed by atoms with E-state index in [0.29, 0.717) is 31.5 Å². The van der Waals surface area contributed by atoms with Gasteiger partial charge in [0.1, 0.15) is 17.4 Å². The number of hydrazone groups is 1. The van der Waals surface area contributed by atoms with Crippen LogP contribution >= 0.6 is 46.6 Å². The molecule has 1 amide bonds. The smallest absolute Gasteiger partial charge is 0.283 e. The first kappa shape index (κ1) is 23.8. The number of fused-ring (bicyclic) bond motifs is 1. The van der Waals surface area contributed by atoms with E-state index < -0.39 is 5.91 Å². The lowest BCUT2D eigenvalue weighted by Crippen LogP contribution is -2.35. The van der Waals surface area contributed by atoms with Gasteiger partial charge in [0.25, 0.3) is 5.91 Å². The van der Waals surface area contributed by atoms with Crippen molar-refractivity contribution < 1.29 is 9.53 Å². The molecule has 0 bridgehead atoms. The molecule has 0 saturated heterocycles. The zero-order valence-corrected chi connectivity index (χ0v) is 20.7. The van der Waals surface area contributed by atoms with Gasteiger partial charge >= 0.3 is 0 Å². The van der Waals surface area contributed by atoms with Crippen LogP contribution in [0, 0.1) is 5.41 Å². The molecule has 0 spiro atoms. The van der Waals surface area contributed by atoms with Gasteiger partial charge in [0.2, 0.25) is 5.17 Å². The lowest BCUT2D eigenvalue weighted by Gasteiger charge is -2.20. The molecule has 0 saturated carbocycles. The third-order valence-electron chi connectivity index (χ3n) is 4.91. The number of amidine groups is 2. The van der Waals surface area contributed by atoms with Gasteiger partial charge in [0.05, 0.1) is 10.6 Å². The zero-order valence-electron chi connectivity index (χ0n) is 17.6. The number of nitrogens with zero attached hydrogens (tertiary/aromatic N) is 3. The third-order valence-corrected chi connectivity index (χ3v) is 6.76. The highest BCUT2D eigenvalue weighted by molar-refractivity contribution is 8.26. The van der Waals surface area contributed by atoms with Crippen LogP contribution in [0.15, 0.2) is 52.1 Å². The van der Waals surface area contributed by atoms with Crippen LogP contribution in [0.4, 0.5) is 0 Å².